The third-order valence-corrected chi connectivity index (χ3v) is 3.09. The minimum Gasteiger partial charge on any atom is -0.478 e. The first kappa shape index (κ1) is 12.0. The van der Waals surface area contributed by atoms with Crippen LogP contribution in [0.5, 0.6) is 5.88 Å². The molecule has 3 rings (SSSR count). The molecule has 98 valence electrons. The van der Waals surface area contributed by atoms with E-state index in [0.717, 1.165) is 13.0 Å². The van der Waals surface area contributed by atoms with Gasteiger partial charge >= 0.3 is 0 Å². The molecule has 0 atom stereocenters. The molecule has 0 radical (unpaired) electrons. The van der Waals surface area contributed by atoms with Crippen LogP contribution in [0.1, 0.15) is 16.9 Å². The van der Waals surface area contributed by atoms with Gasteiger partial charge in [-0.05, 0) is 24.3 Å². The van der Waals surface area contributed by atoms with E-state index in [1.165, 1.54) is 0 Å². The van der Waals surface area contributed by atoms with Crippen molar-refractivity contribution >= 4 is 23.2 Å². The van der Waals surface area contributed by atoms with Gasteiger partial charge in [-0.3, -0.25) is 4.79 Å². The van der Waals surface area contributed by atoms with E-state index in [9.17, 15) is 4.79 Å². The van der Waals surface area contributed by atoms with Gasteiger partial charge in [0.2, 0.25) is 5.88 Å². The molecule has 1 N–H and O–H groups in total. The summed E-state index contributed by atoms with van der Waals surface area (Å²) in [6.45, 7) is 1.45. The summed E-state index contributed by atoms with van der Waals surface area (Å²) in [5.74, 6) is 0.389. The predicted molar refractivity (Wildman–Crippen MR) is 71.7 cm³/mol. The summed E-state index contributed by atoms with van der Waals surface area (Å²) in [5.41, 5.74) is 1.04. The average molecular weight is 278 g/mol. The van der Waals surface area contributed by atoms with Gasteiger partial charge in [-0.15, -0.1) is 0 Å². The molecule has 0 saturated carbocycles. The highest BCUT2D eigenvalue weighted by Gasteiger charge is 2.17. The standard InChI is InChI=1S/C13H12ClN3O2/c14-9-2-4-10(5-3-9)15-13(18)11-8-12-17(16-11)6-1-7-19-12/h2-5,8H,1,6-7H2,(H,15,18). The molecule has 1 aliphatic rings. The zero-order valence-corrected chi connectivity index (χ0v) is 10.9. The number of ether oxygens (including phenoxy) is 1. The molecular formula is C13H12ClN3O2. The minimum atomic E-state index is -0.257. The van der Waals surface area contributed by atoms with E-state index in [1.807, 2.05) is 0 Å². The van der Waals surface area contributed by atoms with Crippen LogP contribution in [0.25, 0.3) is 0 Å². The van der Waals surface area contributed by atoms with Crippen LogP contribution in [0.15, 0.2) is 30.3 Å². The molecule has 5 nitrogen and oxygen atoms in total. The Hall–Kier alpha value is -2.01. The topological polar surface area (TPSA) is 56.2 Å². The number of fused-ring (bicyclic) bond motifs is 1. The maximum atomic E-state index is 12.0. The van der Waals surface area contributed by atoms with Gasteiger partial charge in [-0.25, -0.2) is 4.68 Å². The molecule has 0 saturated heterocycles. The summed E-state index contributed by atoms with van der Waals surface area (Å²) in [6, 6.07) is 8.58. The number of aromatic nitrogens is 2. The number of nitrogens with one attached hydrogen (secondary N) is 1. The number of nitrogens with zero attached hydrogens (tertiary/aromatic N) is 2. The molecule has 0 spiro atoms. The first-order valence-electron chi connectivity index (χ1n) is 6.00. The molecule has 6 heteroatoms. The second-order valence-electron chi connectivity index (χ2n) is 4.25. The van der Waals surface area contributed by atoms with Crippen molar-refractivity contribution in [1.29, 1.82) is 0 Å². The van der Waals surface area contributed by atoms with E-state index < -0.39 is 0 Å². The Balaban J connectivity index is 1.76. The van der Waals surface area contributed by atoms with Crippen LogP contribution in [-0.4, -0.2) is 22.3 Å². The van der Waals surface area contributed by atoms with E-state index >= 15 is 0 Å². The Morgan fingerprint density at radius 1 is 1.37 bits per heavy atom. The largest absolute Gasteiger partial charge is 0.478 e. The van der Waals surface area contributed by atoms with Crippen molar-refractivity contribution in [2.45, 2.75) is 13.0 Å². The molecule has 0 bridgehead atoms. The maximum Gasteiger partial charge on any atom is 0.276 e. The molecule has 1 aromatic carbocycles. The summed E-state index contributed by atoms with van der Waals surface area (Å²) in [7, 11) is 0. The first-order chi connectivity index (χ1) is 9.22. The van der Waals surface area contributed by atoms with E-state index in [0.29, 0.717) is 28.9 Å². The lowest BCUT2D eigenvalue weighted by Crippen LogP contribution is -2.16. The highest BCUT2D eigenvalue weighted by molar-refractivity contribution is 6.30. The Labute approximate surface area is 115 Å². The van der Waals surface area contributed by atoms with E-state index in [-0.39, 0.29) is 5.91 Å². The number of carbonyl (C=O) groups is 1. The fourth-order valence-corrected chi connectivity index (χ4v) is 2.03. The van der Waals surface area contributed by atoms with Gasteiger partial charge in [0.25, 0.3) is 5.91 Å². The number of rotatable bonds is 2. The lowest BCUT2D eigenvalue weighted by atomic mass is 10.3. The SMILES string of the molecule is O=C(Nc1ccc(Cl)cc1)c1cc2n(n1)CCCO2. The van der Waals surface area contributed by atoms with Crippen molar-refractivity contribution in [2.24, 2.45) is 0 Å². The van der Waals surface area contributed by atoms with E-state index in [4.69, 9.17) is 16.3 Å². The van der Waals surface area contributed by atoms with Crippen LogP contribution in [0.2, 0.25) is 5.02 Å². The number of amides is 1. The van der Waals surface area contributed by atoms with Gasteiger partial charge < -0.3 is 10.1 Å². The van der Waals surface area contributed by atoms with Crippen LogP contribution in [-0.2, 0) is 6.54 Å². The molecule has 0 unspecified atom stereocenters. The second-order valence-corrected chi connectivity index (χ2v) is 4.69. The Kier molecular flexibility index (Phi) is 3.13. The molecule has 1 amide bonds. The smallest absolute Gasteiger partial charge is 0.276 e. The summed E-state index contributed by atoms with van der Waals surface area (Å²) in [4.78, 5) is 12.0. The van der Waals surface area contributed by atoms with Crippen LogP contribution in [0.3, 0.4) is 0 Å². The molecular weight excluding hydrogens is 266 g/mol. The zero-order valence-electron chi connectivity index (χ0n) is 10.1. The third kappa shape index (κ3) is 2.56. The lowest BCUT2D eigenvalue weighted by molar-refractivity contribution is 0.102. The number of hydrogen-bond donors (Lipinski definition) is 1. The number of aryl methyl sites for hydroxylation is 1. The minimum absolute atomic E-state index is 0.257. The van der Waals surface area contributed by atoms with E-state index in [1.54, 1.807) is 35.0 Å². The maximum absolute atomic E-state index is 12.0. The second kappa shape index (κ2) is 4.93. The molecule has 0 fully saturated rings. The van der Waals surface area contributed by atoms with Gasteiger partial charge in [-0.1, -0.05) is 11.6 Å². The molecule has 19 heavy (non-hydrogen) atoms. The highest BCUT2D eigenvalue weighted by Crippen LogP contribution is 2.19. The number of carbonyl (C=O) groups excluding carboxylic acids is 1. The quantitative estimate of drug-likeness (QED) is 0.918. The Morgan fingerprint density at radius 3 is 2.89 bits per heavy atom. The molecule has 2 aromatic rings. The van der Waals surface area contributed by atoms with Crippen LogP contribution >= 0.6 is 11.6 Å². The zero-order chi connectivity index (χ0) is 13.2. The molecule has 2 heterocycles. The van der Waals surface area contributed by atoms with Crippen molar-refractivity contribution in [3.63, 3.8) is 0 Å². The monoisotopic (exact) mass is 277 g/mol. The first-order valence-corrected chi connectivity index (χ1v) is 6.38. The van der Waals surface area contributed by atoms with Crippen LogP contribution < -0.4 is 10.1 Å². The Bertz CT molecular complexity index is 583. The van der Waals surface area contributed by atoms with Crippen molar-refractivity contribution in [2.75, 3.05) is 11.9 Å². The fourth-order valence-electron chi connectivity index (χ4n) is 1.91. The van der Waals surface area contributed by atoms with Gasteiger partial charge in [0.1, 0.15) is 0 Å². The average Bonchev–Trinajstić information content (AvgIpc) is 2.85. The molecule has 0 aliphatic carbocycles. The van der Waals surface area contributed by atoms with Crippen molar-refractivity contribution in [1.82, 2.24) is 9.78 Å². The Morgan fingerprint density at radius 2 is 2.16 bits per heavy atom. The number of hydrogen-bond acceptors (Lipinski definition) is 3. The summed E-state index contributed by atoms with van der Waals surface area (Å²) < 4.78 is 7.13. The number of benzene rings is 1. The van der Waals surface area contributed by atoms with Gasteiger partial charge in [0, 0.05) is 29.7 Å². The lowest BCUT2D eigenvalue weighted by Gasteiger charge is -2.13. The summed E-state index contributed by atoms with van der Waals surface area (Å²) >= 11 is 5.79. The van der Waals surface area contributed by atoms with Crippen LogP contribution in [0, 0.1) is 0 Å². The summed E-state index contributed by atoms with van der Waals surface area (Å²) in [5, 5.41) is 7.61. The van der Waals surface area contributed by atoms with Gasteiger partial charge in [-0.2, -0.15) is 5.10 Å². The van der Waals surface area contributed by atoms with Crippen molar-refractivity contribution < 1.29 is 9.53 Å². The number of halogens is 1. The number of anilines is 1. The third-order valence-electron chi connectivity index (χ3n) is 2.84. The van der Waals surface area contributed by atoms with Crippen LogP contribution in [0.4, 0.5) is 5.69 Å². The predicted octanol–water partition coefficient (Wildman–Crippen LogP) is 2.57. The van der Waals surface area contributed by atoms with Crippen molar-refractivity contribution in [3.05, 3.63) is 41.0 Å². The van der Waals surface area contributed by atoms with Gasteiger partial charge in [0.15, 0.2) is 5.69 Å². The van der Waals surface area contributed by atoms with E-state index in [2.05, 4.69) is 10.4 Å². The summed E-state index contributed by atoms with van der Waals surface area (Å²) in [6.07, 6.45) is 0.910. The highest BCUT2D eigenvalue weighted by atomic mass is 35.5. The normalized spacial score (nSPS) is 13.5. The fraction of sp³-hybridized carbons (Fsp3) is 0.231. The van der Waals surface area contributed by atoms with Crippen molar-refractivity contribution in [3.8, 4) is 5.88 Å². The molecule has 1 aliphatic heterocycles. The molecule has 1 aromatic heterocycles. The van der Waals surface area contributed by atoms with Gasteiger partial charge in [0.05, 0.1) is 6.61 Å².